The van der Waals surface area contributed by atoms with Gasteiger partial charge in [-0.25, -0.2) is 9.47 Å². The molecular formula is C21H21BrN2O7. The second kappa shape index (κ2) is 8.76. The zero-order valence-electron chi connectivity index (χ0n) is 17.6. The van der Waals surface area contributed by atoms with E-state index in [1.807, 2.05) is 0 Å². The molecule has 0 saturated heterocycles. The van der Waals surface area contributed by atoms with Crippen LogP contribution in [0.2, 0.25) is 0 Å². The molecule has 0 radical (unpaired) electrons. The summed E-state index contributed by atoms with van der Waals surface area (Å²) in [5.74, 6) is 6.87. The molecule has 0 fully saturated rings. The lowest BCUT2D eigenvalue weighted by Gasteiger charge is -2.19. The molecule has 0 amide bonds. The van der Waals surface area contributed by atoms with Crippen molar-refractivity contribution in [3.05, 3.63) is 44.8 Å². The van der Waals surface area contributed by atoms with Crippen molar-refractivity contribution in [2.75, 3.05) is 41.4 Å². The first-order valence-corrected chi connectivity index (χ1v) is 9.72. The number of nitrogens with zero attached hydrogens (tertiary/aromatic N) is 1. The molecule has 164 valence electrons. The Morgan fingerprint density at radius 2 is 1.45 bits per heavy atom. The molecule has 3 rings (SSSR count). The largest absolute Gasteiger partial charge is 0.493 e. The van der Waals surface area contributed by atoms with Gasteiger partial charge in [-0.15, -0.1) is 0 Å². The number of fused-ring (bicyclic) bond motifs is 1. The van der Waals surface area contributed by atoms with E-state index in [0.717, 1.165) is 4.68 Å². The number of pyridine rings is 1. The number of carbonyl (C=O) groups excluding carboxylic acids is 1. The number of benzene rings is 2. The fourth-order valence-electron chi connectivity index (χ4n) is 3.39. The fourth-order valence-corrected chi connectivity index (χ4v) is 4.00. The SMILES string of the molecule is COC(=O)c1c(-c2cc(Br)c(OC)c(OC)c2)c2cc(OC)c(OC)cc2c(=O)n1N. The van der Waals surface area contributed by atoms with Crippen LogP contribution in [0.25, 0.3) is 21.9 Å². The van der Waals surface area contributed by atoms with E-state index in [-0.39, 0.29) is 11.1 Å². The second-order valence-corrected chi connectivity index (χ2v) is 7.19. The molecule has 9 nitrogen and oxygen atoms in total. The summed E-state index contributed by atoms with van der Waals surface area (Å²) in [5, 5.41) is 0.651. The highest BCUT2D eigenvalue weighted by Gasteiger charge is 2.26. The van der Waals surface area contributed by atoms with E-state index in [1.54, 1.807) is 18.2 Å². The number of aromatic nitrogens is 1. The molecule has 0 spiro atoms. The van der Waals surface area contributed by atoms with E-state index in [1.165, 1.54) is 41.6 Å². The van der Waals surface area contributed by atoms with Gasteiger partial charge < -0.3 is 29.5 Å². The van der Waals surface area contributed by atoms with Crippen LogP contribution >= 0.6 is 15.9 Å². The number of esters is 1. The number of methoxy groups -OCH3 is 5. The first-order valence-electron chi connectivity index (χ1n) is 8.92. The Labute approximate surface area is 186 Å². The maximum absolute atomic E-state index is 13.0. The molecule has 3 aromatic rings. The number of nitrogen functional groups attached to an aromatic ring is 1. The lowest BCUT2D eigenvalue weighted by molar-refractivity contribution is 0.0590. The molecule has 0 saturated carbocycles. The van der Waals surface area contributed by atoms with Crippen LogP contribution in [0.5, 0.6) is 23.0 Å². The van der Waals surface area contributed by atoms with Gasteiger partial charge in [0.2, 0.25) is 0 Å². The summed E-state index contributed by atoms with van der Waals surface area (Å²) in [4.78, 5) is 25.7. The molecule has 2 N–H and O–H groups in total. The molecular weight excluding hydrogens is 472 g/mol. The van der Waals surface area contributed by atoms with Crippen molar-refractivity contribution in [3.8, 4) is 34.1 Å². The van der Waals surface area contributed by atoms with E-state index < -0.39 is 11.5 Å². The maximum atomic E-state index is 13.0. The molecule has 0 atom stereocenters. The molecule has 2 aromatic carbocycles. The van der Waals surface area contributed by atoms with E-state index >= 15 is 0 Å². The van der Waals surface area contributed by atoms with Crippen molar-refractivity contribution >= 4 is 32.7 Å². The van der Waals surface area contributed by atoms with Gasteiger partial charge in [0.15, 0.2) is 28.7 Å². The number of halogens is 1. The van der Waals surface area contributed by atoms with Crippen molar-refractivity contribution in [1.82, 2.24) is 4.68 Å². The standard InChI is InChI=1S/C21H21BrN2O7/c1-27-14-8-11-12(9-15(14)28-2)20(25)24(23)18(21(26)31-5)17(11)10-6-13(22)19(30-4)16(7-10)29-3/h6-9H,23H2,1-5H3. The summed E-state index contributed by atoms with van der Waals surface area (Å²) >= 11 is 3.46. The van der Waals surface area contributed by atoms with Crippen molar-refractivity contribution in [3.63, 3.8) is 0 Å². The third kappa shape index (κ3) is 3.63. The molecule has 1 heterocycles. The Balaban J connectivity index is 2.57. The monoisotopic (exact) mass is 492 g/mol. The molecule has 0 aliphatic rings. The van der Waals surface area contributed by atoms with Crippen LogP contribution in [-0.2, 0) is 4.74 Å². The minimum absolute atomic E-state index is 0.133. The summed E-state index contributed by atoms with van der Waals surface area (Å²) in [5.41, 5.74) is 0.152. The predicted molar refractivity (Wildman–Crippen MR) is 119 cm³/mol. The van der Waals surface area contributed by atoms with Crippen molar-refractivity contribution in [2.45, 2.75) is 0 Å². The minimum Gasteiger partial charge on any atom is -0.493 e. The summed E-state index contributed by atoms with van der Waals surface area (Å²) < 4.78 is 27.8. The zero-order valence-corrected chi connectivity index (χ0v) is 19.2. The van der Waals surface area contributed by atoms with Crippen LogP contribution in [0.15, 0.2) is 33.5 Å². The average molecular weight is 493 g/mol. The van der Waals surface area contributed by atoms with Crippen molar-refractivity contribution in [1.29, 1.82) is 0 Å². The van der Waals surface area contributed by atoms with Gasteiger partial charge in [-0.3, -0.25) is 4.79 Å². The van der Waals surface area contributed by atoms with Gasteiger partial charge in [-0.1, -0.05) is 0 Å². The highest BCUT2D eigenvalue weighted by molar-refractivity contribution is 9.10. The van der Waals surface area contributed by atoms with Gasteiger partial charge in [0, 0.05) is 10.9 Å². The Morgan fingerprint density at radius 3 is 1.97 bits per heavy atom. The summed E-state index contributed by atoms with van der Waals surface area (Å²) in [6.45, 7) is 0. The highest BCUT2D eigenvalue weighted by atomic mass is 79.9. The Morgan fingerprint density at radius 1 is 0.871 bits per heavy atom. The Hall–Kier alpha value is -3.40. The van der Waals surface area contributed by atoms with Crippen molar-refractivity contribution < 1.29 is 28.5 Å². The number of ether oxygens (including phenoxy) is 5. The molecule has 10 heteroatoms. The number of hydrogen-bond acceptors (Lipinski definition) is 8. The normalized spacial score (nSPS) is 10.6. The first kappa shape index (κ1) is 22.3. The van der Waals surface area contributed by atoms with Crippen LogP contribution in [0.4, 0.5) is 0 Å². The summed E-state index contributed by atoms with van der Waals surface area (Å²) in [6, 6.07) is 6.53. The van der Waals surface area contributed by atoms with Crippen LogP contribution in [0, 0.1) is 0 Å². The number of rotatable bonds is 6. The average Bonchev–Trinajstić information content (AvgIpc) is 2.79. The third-order valence-electron chi connectivity index (χ3n) is 4.82. The van der Waals surface area contributed by atoms with E-state index in [4.69, 9.17) is 29.5 Å². The Bertz CT molecular complexity index is 1240. The van der Waals surface area contributed by atoms with Gasteiger partial charge in [-0.05, 0) is 45.8 Å². The van der Waals surface area contributed by atoms with Gasteiger partial charge in [0.1, 0.15) is 0 Å². The van der Waals surface area contributed by atoms with Gasteiger partial charge >= 0.3 is 5.97 Å². The topological polar surface area (TPSA) is 111 Å². The van der Waals surface area contributed by atoms with Crippen LogP contribution in [0.1, 0.15) is 10.5 Å². The van der Waals surface area contributed by atoms with Crippen LogP contribution in [-0.4, -0.2) is 46.2 Å². The second-order valence-electron chi connectivity index (χ2n) is 6.34. The highest BCUT2D eigenvalue weighted by Crippen LogP contribution is 2.43. The maximum Gasteiger partial charge on any atom is 0.357 e. The minimum atomic E-state index is -0.780. The summed E-state index contributed by atoms with van der Waals surface area (Å²) in [7, 11) is 7.14. The quantitative estimate of drug-likeness (QED) is 0.412. The van der Waals surface area contributed by atoms with Gasteiger partial charge in [0.05, 0.1) is 45.4 Å². The first-order chi connectivity index (χ1) is 14.8. The van der Waals surface area contributed by atoms with Crippen molar-refractivity contribution in [2.24, 2.45) is 0 Å². The lowest BCUT2D eigenvalue weighted by atomic mass is 9.96. The molecule has 31 heavy (non-hydrogen) atoms. The van der Waals surface area contributed by atoms with Crippen LogP contribution < -0.4 is 30.3 Å². The van der Waals surface area contributed by atoms with E-state index in [0.29, 0.717) is 44.0 Å². The fraction of sp³-hybridized carbons (Fsp3) is 0.238. The molecule has 0 aliphatic heterocycles. The molecule has 0 unspecified atom stereocenters. The third-order valence-corrected chi connectivity index (χ3v) is 5.41. The van der Waals surface area contributed by atoms with Crippen LogP contribution in [0.3, 0.4) is 0 Å². The van der Waals surface area contributed by atoms with Gasteiger partial charge in [-0.2, -0.15) is 0 Å². The zero-order chi connectivity index (χ0) is 22.9. The number of nitrogens with two attached hydrogens (primary N) is 1. The number of carbonyl (C=O) groups is 1. The molecule has 1 aromatic heterocycles. The smallest absolute Gasteiger partial charge is 0.357 e. The van der Waals surface area contributed by atoms with Gasteiger partial charge in [0.25, 0.3) is 5.56 Å². The lowest BCUT2D eigenvalue weighted by Crippen LogP contribution is -2.33. The van der Waals surface area contributed by atoms with E-state index in [2.05, 4.69) is 15.9 Å². The molecule has 0 aliphatic carbocycles. The summed E-state index contributed by atoms with van der Waals surface area (Å²) in [6.07, 6.45) is 0. The predicted octanol–water partition coefficient (Wildman–Crippen LogP) is 2.97. The molecule has 0 bridgehead atoms. The number of hydrogen-bond donors (Lipinski definition) is 1. The van der Waals surface area contributed by atoms with E-state index in [9.17, 15) is 9.59 Å². The Kier molecular flexibility index (Phi) is 6.30.